The first-order valence-corrected chi connectivity index (χ1v) is 12.9. The summed E-state index contributed by atoms with van der Waals surface area (Å²) >= 11 is 5.98. The number of hydrogen-bond donors (Lipinski definition) is 1. The summed E-state index contributed by atoms with van der Waals surface area (Å²) in [6, 6.07) is 13.7. The molecule has 3 amide bonds. The number of ether oxygens (including phenoxy) is 1. The smallest absolute Gasteiger partial charge is 0.338 e. The first-order chi connectivity index (χ1) is 17.7. The standard InChI is InChI=1S/C28H33ClN4O4/c1-5-37-27(35)24-23(31(4)28(36)30-25(24)22-9-7-6-8-18(22)2)17-32-14-15-33(19(3)16-32)26(34)20-10-12-21(29)13-11-20/h6-13,19,25H,5,14-17H2,1-4H3,(H,30,36). The van der Waals surface area contributed by atoms with E-state index in [1.807, 2.05) is 43.0 Å². The number of benzene rings is 2. The van der Waals surface area contributed by atoms with E-state index in [9.17, 15) is 14.4 Å². The maximum Gasteiger partial charge on any atom is 0.338 e. The lowest BCUT2D eigenvalue weighted by Crippen LogP contribution is -2.56. The van der Waals surface area contributed by atoms with Crippen LogP contribution >= 0.6 is 11.6 Å². The minimum absolute atomic E-state index is 0.0379. The SMILES string of the molecule is CCOC(=O)C1=C(CN2CCN(C(=O)c3ccc(Cl)cc3)C(C)C2)N(C)C(=O)NC1c1ccccc1C. The molecule has 0 radical (unpaired) electrons. The van der Waals surface area contributed by atoms with E-state index in [4.69, 9.17) is 16.3 Å². The fourth-order valence-electron chi connectivity index (χ4n) is 4.99. The van der Waals surface area contributed by atoms with Crippen LogP contribution in [0.1, 0.15) is 41.4 Å². The molecule has 37 heavy (non-hydrogen) atoms. The predicted octanol–water partition coefficient (Wildman–Crippen LogP) is 4.01. The highest BCUT2D eigenvalue weighted by Gasteiger charge is 2.38. The maximum absolute atomic E-state index is 13.2. The third kappa shape index (κ3) is 5.65. The summed E-state index contributed by atoms with van der Waals surface area (Å²) in [5.74, 6) is -0.480. The van der Waals surface area contributed by atoms with Gasteiger partial charge in [0, 0.05) is 55.6 Å². The van der Waals surface area contributed by atoms with Gasteiger partial charge in [-0.1, -0.05) is 35.9 Å². The fourth-order valence-corrected chi connectivity index (χ4v) is 5.12. The zero-order valence-electron chi connectivity index (χ0n) is 21.7. The van der Waals surface area contributed by atoms with E-state index < -0.39 is 12.0 Å². The van der Waals surface area contributed by atoms with Gasteiger partial charge in [0.25, 0.3) is 5.91 Å². The van der Waals surface area contributed by atoms with Crippen molar-refractivity contribution < 1.29 is 19.1 Å². The number of aryl methyl sites for hydroxylation is 1. The lowest BCUT2D eigenvalue weighted by molar-refractivity contribution is -0.139. The van der Waals surface area contributed by atoms with Gasteiger partial charge in [0.2, 0.25) is 0 Å². The van der Waals surface area contributed by atoms with Crippen molar-refractivity contribution in [3.05, 3.63) is 81.5 Å². The molecule has 0 saturated carbocycles. The van der Waals surface area contributed by atoms with Crippen LogP contribution < -0.4 is 5.32 Å². The first kappa shape index (κ1) is 26.7. The summed E-state index contributed by atoms with van der Waals surface area (Å²) in [5, 5.41) is 3.57. The number of hydrogen-bond acceptors (Lipinski definition) is 5. The largest absolute Gasteiger partial charge is 0.463 e. The summed E-state index contributed by atoms with van der Waals surface area (Å²) in [7, 11) is 1.67. The van der Waals surface area contributed by atoms with E-state index in [0.29, 0.717) is 48.0 Å². The quantitative estimate of drug-likeness (QED) is 0.577. The number of halogens is 1. The lowest BCUT2D eigenvalue weighted by Gasteiger charge is -2.42. The van der Waals surface area contributed by atoms with Gasteiger partial charge >= 0.3 is 12.0 Å². The van der Waals surface area contributed by atoms with Crippen molar-refractivity contribution in [2.45, 2.75) is 32.9 Å². The van der Waals surface area contributed by atoms with Crippen LogP contribution in [0, 0.1) is 6.92 Å². The summed E-state index contributed by atoms with van der Waals surface area (Å²) in [5.41, 5.74) is 3.48. The minimum Gasteiger partial charge on any atom is -0.463 e. The number of esters is 1. The molecular weight excluding hydrogens is 492 g/mol. The Morgan fingerprint density at radius 2 is 1.81 bits per heavy atom. The Morgan fingerprint density at radius 3 is 2.46 bits per heavy atom. The molecule has 1 fully saturated rings. The van der Waals surface area contributed by atoms with Crippen molar-refractivity contribution in [2.24, 2.45) is 0 Å². The summed E-state index contributed by atoms with van der Waals surface area (Å²) in [6.45, 7) is 8.09. The third-order valence-corrected chi connectivity index (χ3v) is 7.26. The van der Waals surface area contributed by atoms with E-state index in [1.165, 1.54) is 4.90 Å². The third-order valence-electron chi connectivity index (χ3n) is 7.01. The average Bonchev–Trinajstić information content (AvgIpc) is 2.87. The van der Waals surface area contributed by atoms with Gasteiger partial charge in [0.15, 0.2) is 0 Å². The highest BCUT2D eigenvalue weighted by atomic mass is 35.5. The summed E-state index contributed by atoms with van der Waals surface area (Å²) in [6.07, 6.45) is 0. The second-order valence-corrected chi connectivity index (χ2v) is 9.90. The number of rotatable bonds is 6. The molecule has 1 N–H and O–H groups in total. The van der Waals surface area contributed by atoms with E-state index in [-0.39, 0.29) is 24.6 Å². The molecule has 2 unspecified atom stereocenters. The maximum atomic E-state index is 13.2. The van der Waals surface area contributed by atoms with Gasteiger partial charge in [-0.05, 0) is 56.2 Å². The number of nitrogens with one attached hydrogen (secondary N) is 1. The van der Waals surface area contributed by atoms with Crippen molar-refractivity contribution in [1.29, 1.82) is 0 Å². The molecule has 2 aliphatic heterocycles. The van der Waals surface area contributed by atoms with Crippen LogP contribution in [-0.4, -0.2) is 78.5 Å². The Labute approximate surface area is 222 Å². The Balaban J connectivity index is 1.60. The Bertz CT molecular complexity index is 1210. The van der Waals surface area contributed by atoms with E-state index in [1.54, 1.807) is 38.2 Å². The molecule has 0 spiro atoms. The van der Waals surface area contributed by atoms with Gasteiger partial charge in [-0.3, -0.25) is 14.6 Å². The number of likely N-dealkylation sites (N-methyl/N-ethyl adjacent to an activating group) is 1. The monoisotopic (exact) mass is 524 g/mol. The van der Waals surface area contributed by atoms with Crippen molar-refractivity contribution >= 4 is 29.5 Å². The van der Waals surface area contributed by atoms with Crippen molar-refractivity contribution in [3.8, 4) is 0 Å². The number of nitrogens with zero attached hydrogens (tertiary/aromatic N) is 3. The van der Waals surface area contributed by atoms with Gasteiger partial charge in [-0.25, -0.2) is 9.59 Å². The van der Waals surface area contributed by atoms with Crippen LogP contribution in [0.25, 0.3) is 0 Å². The molecule has 9 heteroatoms. The lowest BCUT2D eigenvalue weighted by atomic mass is 9.91. The number of carbonyl (C=O) groups is 3. The molecule has 2 heterocycles. The molecule has 1 saturated heterocycles. The number of amides is 3. The minimum atomic E-state index is -0.607. The van der Waals surface area contributed by atoms with Crippen LogP contribution in [0.3, 0.4) is 0 Å². The number of piperazine rings is 1. The first-order valence-electron chi connectivity index (χ1n) is 12.5. The molecular formula is C28H33ClN4O4. The zero-order valence-corrected chi connectivity index (χ0v) is 22.4. The van der Waals surface area contributed by atoms with E-state index in [0.717, 1.165) is 11.1 Å². The van der Waals surface area contributed by atoms with Crippen molar-refractivity contribution in [3.63, 3.8) is 0 Å². The molecule has 0 bridgehead atoms. The average molecular weight is 525 g/mol. The van der Waals surface area contributed by atoms with Gasteiger partial charge in [-0.15, -0.1) is 0 Å². The molecule has 4 rings (SSSR count). The molecule has 2 aromatic rings. The van der Waals surface area contributed by atoms with Crippen LogP contribution in [0.5, 0.6) is 0 Å². The van der Waals surface area contributed by atoms with Crippen molar-refractivity contribution in [2.75, 3.05) is 39.8 Å². The Morgan fingerprint density at radius 1 is 1.11 bits per heavy atom. The van der Waals surface area contributed by atoms with Gasteiger partial charge in [0.05, 0.1) is 18.2 Å². The van der Waals surface area contributed by atoms with E-state index >= 15 is 0 Å². The molecule has 2 aromatic carbocycles. The van der Waals surface area contributed by atoms with E-state index in [2.05, 4.69) is 10.2 Å². The second kappa shape index (κ2) is 11.4. The zero-order chi connectivity index (χ0) is 26.7. The molecule has 0 aliphatic carbocycles. The highest BCUT2D eigenvalue weighted by Crippen LogP contribution is 2.33. The van der Waals surface area contributed by atoms with Gasteiger partial charge < -0.3 is 15.0 Å². The predicted molar refractivity (Wildman–Crippen MR) is 142 cm³/mol. The van der Waals surface area contributed by atoms with Gasteiger partial charge in [0.1, 0.15) is 0 Å². The summed E-state index contributed by atoms with van der Waals surface area (Å²) < 4.78 is 5.45. The van der Waals surface area contributed by atoms with Crippen LogP contribution in [-0.2, 0) is 9.53 Å². The molecule has 2 atom stereocenters. The Kier molecular flexibility index (Phi) is 8.19. The van der Waals surface area contributed by atoms with Gasteiger partial charge in [-0.2, -0.15) is 0 Å². The molecule has 0 aromatic heterocycles. The Hall–Kier alpha value is -3.36. The normalized spacial score (nSPS) is 20.6. The molecule has 8 nitrogen and oxygen atoms in total. The topological polar surface area (TPSA) is 82.2 Å². The molecule has 196 valence electrons. The second-order valence-electron chi connectivity index (χ2n) is 9.47. The fraction of sp³-hybridized carbons (Fsp3) is 0.393. The number of urea groups is 1. The van der Waals surface area contributed by atoms with Crippen LogP contribution in [0.4, 0.5) is 4.79 Å². The van der Waals surface area contributed by atoms with Crippen LogP contribution in [0.2, 0.25) is 5.02 Å². The van der Waals surface area contributed by atoms with Crippen molar-refractivity contribution in [1.82, 2.24) is 20.0 Å². The van der Waals surface area contributed by atoms with Crippen LogP contribution in [0.15, 0.2) is 59.8 Å². The molecule has 2 aliphatic rings. The summed E-state index contributed by atoms with van der Waals surface area (Å²) in [4.78, 5) is 44.9. The number of carbonyl (C=O) groups excluding carboxylic acids is 3. The highest BCUT2D eigenvalue weighted by molar-refractivity contribution is 6.30.